The molecule has 0 saturated carbocycles. The monoisotopic (exact) mass is 348 g/mol. The molecule has 3 rings (SSSR count). The van der Waals surface area contributed by atoms with E-state index in [0.717, 1.165) is 5.56 Å². The first-order valence-corrected chi connectivity index (χ1v) is 7.76. The van der Waals surface area contributed by atoms with Crippen molar-refractivity contribution in [2.24, 2.45) is 0 Å². The van der Waals surface area contributed by atoms with Crippen LogP contribution in [0.25, 0.3) is 17.5 Å². The molecule has 0 saturated heterocycles. The second-order valence-corrected chi connectivity index (χ2v) is 5.32. The maximum Gasteiger partial charge on any atom is 0.356 e. The number of aromatic hydroxyl groups is 1. The first-order valence-electron chi connectivity index (χ1n) is 7.76. The number of carbonyl (C=O) groups excluding carboxylic acids is 1. The van der Waals surface area contributed by atoms with Crippen molar-refractivity contribution in [3.05, 3.63) is 72.6 Å². The summed E-state index contributed by atoms with van der Waals surface area (Å²) in [5.41, 5.74) is 1.41. The van der Waals surface area contributed by atoms with Crippen LogP contribution in [0.2, 0.25) is 0 Å². The zero-order valence-electron chi connectivity index (χ0n) is 14.0. The van der Waals surface area contributed by atoms with E-state index in [1.165, 1.54) is 13.2 Å². The van der Waals surface area contributed by atoms with Gasteiger partial charge in [-0.1, -0.05) is 6.58 Å². The van der Waals surface area contributed by atoms with Crippen LogP contribution in [0.1, 0.15) is 16.2 Å². The third-order valence-electron chi connectivity index (χ3n) is 3.53. The van der Waals surface area contributed by atoms with Crippen molar-refractivity contribution < 1.29 is 19.4 Å². The van der Waals surface area contributed by atoms with Crippen LogP contribution in [0.15, 0.2) is 61.2 Å². The van der Waals surface area contributed by atoms with Gasteiger partial charge in [-0.2, -0.15) is 0 Å². The van der Waals surface area contributed by atoms with Crippen molar-refractivity contribution in [3.63, 3.8) is 0 Å². The smallest absolute Gasteiger partial charge is 0.356 e. The van der Waals surface area contributed by atoms with E-state index in [-0.39, 0.29) is 11.4 Å². The summed E-state index contributed by atoms with van der Waals surface area (Å²) < 4.78 is 10.4. The zero-order valence-corrected chi connectivity index (χ0v) is 14.0. The molecule has 0 atom stereocenters. The molecule has 0 aliphatic heterocycles. The number of aromatic nitrogens is 2. The summed E-state index contributed by atoms with van der Waals surface area (Å²) in [6, 6.07) is 15.1. The zero-order chi connectivity index (χ0) is 18.5. The number of methoxy groups -OCH3 is 1. The highest BCUT2D eigenvalue weighted by atomic mass is 16.5. The van der Waals surface area contributed by atoms with Crippen molar-refractivity contribution in [3.8, 4) is 28.6 Å². The number of benzene rings is 2. The molecule has 0 bridgehead atoms. The van der Waals surface area contributed by atoms with Gasteiger partial charge in [-0.3, -0.25) is 0 Å². The lowest BCUT2D eigenvalue weighted by Gasteiger charge is -2.08. The van der Waals surface area contributed by atoms with E-state index in [2.05, 4.69) is 16.5 Å². The summed E-state index contributed by atoms with van der Waals surface area (Å²) >= 11 is 0. The molecule has 0 fully saturated rings. The Hall–Kier alpha value is -3.67. The Morgan fingerprint density at radius 2 is 1.65 bits per heavy atom. The van der Waals surface area contributed by atoms with Crippen LogP contribution in [0.4, 0.5) is 0 Å². The Morgan fingerprint density at radius 3 is 2.23 bits per heavy atom. The second-order valence-electron chi connectivity index (χ2n) is 5.32. The van der Waals surface area contributed by atoms with Crippen molar-refractivity contribution in [2.75, 3.05) is 7.11 Å². The fraction of sp³-hybridized carbons (Fsp3) is 0.0500. The molecule has 0 unspecified atom stereocenters. The third kappa shape index (κ3) is 3.87. The first kappa shape index (κ1) is 17.2. The van der Waals surface area contributed by atoms with E-state index in [9.17, 15) is 9.90 Å². The molecule has 1 N–H and O–H groups in total. The molecule has 0 radical (unpaired) electrons. The lowest BCUT2D eigenvalue weighted by molar-refractivity contribution is 0.0594. The van der Waals surface area contributed by atoms with Gasteiger partial charge in [0.1, 0.15) is 17.2 Å². The molecule has 0 amide bonds. The maximum atomic E-state index is 11.8. The first-order chi connectivity index (χ1) is 12.6. The van der Waals surface area contributed by atoms with E-state index in [1.54, 1.807) is 54.6 Å². The van der Waals surface area contributed by atoms with Gasteiger partial charge in [0.15, 0.2) is 11.5 Å². The number of phenols is 1. The summed E-state index contributed by atoms with van der Waals surface area (Å²) in [5.74, 6) is 1.25. The Balaban J connectivity index is 1.87. The number of hydrogen-bond acceptors (Lipinski definition) is 6. The van der Waals surface area contributed by atoms with Crippen LogP contribution in [0.5, 0.6) is 17.2 Å². The molecule has 6 heteroatoms. The number of ether oxygens (including phenoxy) is 2. The minimum atomic E-state index is -0.538. The quantitative estimate of drug-likeness (QED) is 0.700. The van der Waals surface area contributed by atoms with Crippen LogP contribution in [-0.4, -0.2) is 28.2 Å². The van der Waals surface area contributed by atoms with Gasteiger partial charge in [0.05, 0.1) is 12.8 Å². The SMILES string of the molecule is C=Cc1cc(C(=O)OC)nc(-c2ccc(Oc3ccc(O)cc3)cc2)n1. The van der Waals surface area contributed by atoms with Gasteiger partial charge in [-0.25, -0.2) is 14.8 Å². The molecule has 0 aliphatic rings. The van der Waals surface area contributed by atoms with Crippen LogP contribution in [-0.2, 0) is 4.74 Å². The molecule has 2 aromatic carbocycles. The number of nitrogens with zero attached hydrogens (tertiary/aromatic N) is 2. The minimum Gasteiger partial charge on any atom is -0.508 e. The Kier molecular flexibility index (Phi) is 4.94. The fourth-order valence-corrected chi connectivity index (χ4v) is 2.23. The predicted octanol–water partition coefficient (Wildman–Crippen LogP) is 4.07. The van der Waals surface area contributed by atoms with Crippen LogP contribution < -0.4 is 4.74 Å². The van der Waals surface area contributed by atoms with E-state index < -0.39 is 5.97 Å². The molecule has 0 aliphatic carbocycles. The fourth-order valence-electron chi connectivity index (χ4n) is 2.23. The van der Waals surface area contributed by atoms with Crippen molar-refractivity contribution in [2.45, 2.75) is 0 Å². The highest BCUT2D eigenvalue weighted by Crippen LogP contribution is 2.26. The molecular formula is C20H16N2O4. The summed E-state index contributed by atoms with van der Waals surface area (Å²) in [7, 11) is 1.30. The Labute approximate surface area is 150 Å². The summed E-state index contributed by atoms with van der Waals surface area (Å²) in [4.78, 5) is 20.4. The summed E-state index contributed by atoms with van der Waals surface area (Å²) in [6.07, 6.45) is 1.54. The Morgan fingerprint density at radius 1 is 1.04 bits per heavy atom. The number of esters is 1. The molecule has 1 aromatic heterocycles. The highest BCUT2D eigenvalue weighted by Gasteiger charge is 2.12. The van der Waals surface area contributed by atoms with Crippen LogP contribution >= 0.6 is 0 Å². The normalized spacial score (nSPS) is 10.2. The van der Waals surface area contributed by atoms with E-state index in [0.29, 0.717) is 23.0 Å². The number of carbonyl (C=O) groups is 1. The lowest BCUT2D eigenvalue weighted by Crippen LogP contribution is -2.07. The van der Waals surface area contributed by atoms with Gasteiger partial charge >= 0.3 is 5.97 Å². The van der Waals surface area contributed by atoms with Crippen LogP contribution in [0.3, 0.4) is 0 Å². The average molecular weight is 348 g/mol. The van der Waals surface area contributed by atoms with E-state index >= 15 is 0 Å². The topological polar surface area (TPSA) is 81.5 Å². The number of phenolic OH excluding ortho intramolecular Hbond substituents is 1. The molecular weight excluding hydrogens is 332 g/mol. The molecule has 26 heavy (non-hydrogen) atoms. The molecule has 1 heterocycles. The number of rotatable bonds is 5. The summed E-state index contributed by atoms with van der Waals surface area (Å²) in [6.45, 7) is 3.68. The van der Waals surface area contributed by atoms with Crippen molar-refractivity contribution >= 4 is 12.0 Å². The van der Waals surface area contributed by atoms with Gasteiger partial charge < -0.3 is 14.6 Å². The second kappa shape index (κ2) is 7.48. The van der Waals surface area contributed by atoms with Gasteiger partial charge in [0, 0.05) is 5.56 Å². The van der Waals surface area contributed by atoms with Gasteiger partial charge in [-0.05, 0) is 60.7 Å². The van der Waals surface area contributed by atoms with Crippen molar-refractivity contribution in [1.29, 1.82) is 0 Å². The Bertz CT molecular complexity index is 935. The van der Waals surface area contributed by atoms with Crippen LogP contribution in [0, 0.1) is 0 Å². The predicted molar refractivity (Wildman–Crippen MR) is 97.1 cm³/mol. The van der Waals surface area contributed by atoms with Gasteiger partial charge in [-0.15, -0.1) is 0 Å². The third-order valence-corrected chi connectivity index (χ3v) is 3.53. The molecule has 0 spiro atoms. The molecule has 3 aromatic rings. The lowest BCUT2D eigenvalue weighted by atomic mass is 10.2. The highest BCUT2D eigenvalue weighted by molar-refractivity contribution is 5.88. The largest absolute Gasteiger partial charge is 0.508 e. The maximum absolute atomic E-state index is 11.8. The molecule has 6 nitrogen and oxygen atoms in total. The minimum absolute atomic E-state index is 0.164. The molecule has 130 valence electrons. The standard InChI is InChI=1S/C20H16N2O4/c1-3-14-12-18(20(24)25-2)22-19(21-14)13-4-8-16(9-5-13)26-17-10-6-15(23)7-11-17/h3-12,23H,1H2,2H3. The van der Waals surface area contributed by atoms with Gasteiger partial charge in [0.25, 0.3) is 0 Å². The van der Waals surface area contributed by atoms with E-state index in [4.69, 9.17) is 9.47 Å². The van der Waals surface area contributed by atoms with Crippen molar-refractivity contribution in [1.82, 2.24) is 9.97 Å². The average Bonchev–Trinajstić information content (AvgIpc) is 2.69. The van der Waals surface area contributed by atoms with E-state index in [1.807, 2.05) is 0 Å². The number of hydrogen-bond donors (Lipinski definition) is 1. The summed E-state index contributed by atoms with van der Waals surface area (Å²) in [5, 5.41) is 9.30. The van der Waals surface area contributed by atoms with Gasteiger partial charge in [0.2, 0.25) is 0 Å².